The van der Waals surface area contributed by atoms with Crippen LogP contribution in [0.1, 0.15) is 40.9 Å². The van der Waals surface area contributed by atoms with E-state index in [1.165, 1.54) is 11.8 Å². The van der Waals surface area contributed by atoms with E-state index in [1.54, 1.807) is 42.5 Å². The minimum atomic E-state index is -0.501. The summed E-state index contributed by atoms with van der Waals surface area (Å²) in [4.78, 5) is 40.3. The molecular weight excluding hydrogens is 558 g/mol. The first-order valence-electron chi connectivity index (χ1n) is 14.0. The van der Waals surface area contributed by atoms with Crippen molar-refractivity contribution >= 4 is 46.9 Å². The number of ether oxygens (including phenoxy) is 1. The summed E-state index contributed by atoms with van der Waals surface area (Å²) in [5.41, 5.74) is 4.58. The maximum absolute atomic E-state index is 13.6. The van der Waals surface area contributed by atoms with Gasteiger partial charge in [0.2, 0.25) is 5.91 Å². The van der Waals surface area contributed by atoms with E-state index in [2.05, 4.69) is 16.0 Å². The summed E-state index contributed by atoms with van der Waals surface area (Å²) in [6.45, 7) is 8.16. The first-order chi connectivity index (χ1) is 20.7. The van der Waals surface area contributed by atoms with Gasteiger partial charge in [0, 0.05) is 27.4 Å². The van der Waals surface area contributed by atoms with E-state index in [1.807, 2.05) is 88.4 Å². The topological polar surface area (TPSA) is 96.5 Å². The Bertz CT molecular complexity index is 1640. The van der Waals surface area contributed by atoms with Crippen LogP contribution in [0.25, 0.3) is 6.08 Å². The summed E-state index contributed by atoms with van der Waals surface area (Å²) in [5, 5.41) is 8.28. The number of nitrogens with one attached hydrogen (secondary N) is 3. The molecule has 4 rings (SSSR count). The van der Waals surface area contributed by atoms with Crippen LogP contribution < -0.4 is 20.7 Å². The standard InChI is InChI=1S/C35H35N3O4S/c1-5-42-32-20-10-9-16-27(32)21-31(38-34(40)26-14-7-6-8-15-26)35(41)36-28-17-12-18-29(22-28)43-25(4)33(39)37-30-19-11-13-23(2)24(30)3/h6-22,25H,5H2,1-4H3,(H,36,41)(H,37,39)(H,38,40)/b31-21+. The second kappa shape index (κ2) is 14.9. The SMILES string of the molecule is CCOc1ccccc1/C=C(/NC(=O)c1ccccc1)C(=O)Nc1cccc(SC(C)C(=O)Nc2cccc(C)c2C)c1. The van der Waals surface area contributed by atoms with Gasteiger partial charge in [0.25, 0.3) is 11.8 Å². The molecular formula is C35H35N3O4S. The summed E-state index contributed by atoms with van der Waals surface area (Å²) in [6, 6.07) is 29.1. The van der Waals surface area contributed by atoms with Gasteiger partial charge in [0.05, 0.1) is 11.9 Å². The average molecular weight is 594 g/mol. The first kappa shape index (κ1) is 31.1. The molecule has 0 heterocycles. The number of amides is 3. The van der Waals surface area contributed by atoms with Crippen LogP contribution in [0.2, 0.25) is 0 Å². The van der Waals surface area contributed by atoms with E-state index in [4.69, 9.17) is 4.74 Å². The molecule has 0 aliphatic rings. The lowest BCUT2D eigenvalue weighted by molar-refractivity contribution is -0.115. The van der Waals surface area contributed by atoms with Gasteiger partial charge in [0.15, 0.2) is 0 Å². The highest BCUT2D eigenvalue weighted by Crippen LogP contribution is 2.28. The maximum atomic E-state index is 13.6. The van der Waals surface area contributed by atoms with Crippen LogP contribution in [0.15, 0.2) is 108 Å². The Morgan fingerprint density at radius 3 is 2.35 bits per heavy atom. The number of hydrogen-bond donors (Lipinski definition) is 3. The Balaban J connectivity index is 1.52. The van der Waals surface area contributed by atoms with Crippen LogP contribution in [0.4, 0.5) is 11.4 Å². The van der Waals surface area contributed by atoms with Gasteiger partial charge in [-0.15, -0.1) is 11.8 Å². The van der Waals surface area contributed by atoms with E-state index in [0.29, 0.717) is 29.2 Å². The molecule has 8 heteroatoms. The zero-order valence-corrected chi connectivity index (χ0v) is 25.5. The number of carbonyl (C=O) groups excluding carboxylic acids is 3. The highest BCUT2D eigenvalue weighted by atomic mass is 32.2. The molecule has 7 nitrogen and oxygen atoms in total. The number of thioether (sulfide) groups is 1. The molecule has 1 atom stereocenters. The summed E-state index contributed by atoms with van der Waals surface area (Å²) in [5.74, 6) is -0.437. The molecule has 0 aromatic heterocycles. The molecule has 0 aliphatic carbocycles. The van der Waals surface area contributed by atoms with Crippen molar-refractivity contribution in [3.05, 3.63) is 125 Å². The van der Waals surface area contributed by atoms with Crippen LogP contribution in [0.3, 0.4) is 0 Å². The fraction of sp³-hybridized carbons (Fsp3) is 0.171. The van der Waals surface area contributed by atoms with Gasteiger partial charge < -0.3 is 20.7 Å². The third kappa shape index (κ3) is 8.59. The average Bonchev–Trinajstić information content (AvgIpc) is 3.00. The molecule has 0 radical (unpaired) electrons. The van der Waals surface area contributed by atoms with Crippen molar-refractivity contribution in [2.75, 3.05) is 17.2 Å². The van der Waals surface area contributed by atoms with E-state index >= 15 is 0 Å². The smallest absolute Gasteiger partial charge is 0.272 e. The van der Waals surface area contributed by atoms with Gasteiger partial charge in [-0.05, 0) is 87.4 Å². The molecule has 4 aromatic carbocycles. The van der Waals surface area contributed by atoms with E-state index in [0.717, 1.165) is 21.7 Å². The minimum absolute atomic E-state index is 0.0559. The number of hydrogen-bond acceptors (Lipinski definition) is 5. The molecule has 0 saturated carbocycles. The van der Waals surface area contributed by atoms with E-state index in [-0.39, 0.29) is 16.9 Å². The first-order valence-corrected chi connectivity index (χ1v) is 14.9. The monoisotopic (exact) mass is 593 g/mol. The molecule has 1 unspecified atom stereocenters. The van der Waals surface area contributed by atoms with Crippen LogP contribution in [0, 0.1) is 13.8 Å². The van der Waals surface area contributed by atoms with Crippen LogP contribution >= 0.6 is 11.8 Å². The van der Waals surface area contributed by atoms with Crippen LogP contribution in [0.5, 0.6) is 5.75 Å². The zero-order valence-electron chi connectivity index (χ0n) is 24.6. The molecule has 0 spiro atoms. The fourth-order valence-electron chi connectivity index (χ4n) is 4.21. The molecule has 3 amide bonds. The maximum Gasteiger partial charge on any atom is 0.272 e. The fourth-order valence-corrected chi connectivity index (χ4v) is 5.14. The third-order valence-corrected chi connectivity index (χ3v) is 7.78. The number of rotatable bonds is 11. The predicted molar refractivity (Wildman–Crippen MR) is 174 cm³/mol. The highest BCUT2D eigenvalue weighted by Gasteiger charge is 2.18. The van der Waals surface area contributed by atoms with Crippen molar-refractivity contribution in [2.24, 2.45) is 0 Å². The van der Waals surface area contributed by atoms with E-state index in [9.17, 15) is 14.4 Å². The summed E-state index contributed by atoms with van der Waals surface area (Å²) < 4.78 is 5.72. The number of anilines is 2. The third-order valence-electron chi connectivity index (χ3n) is 6.68. The van der Waals surface area contributed by atoms with Crippen molar-refractivity contribution in [1.29, 1.82) is 0 Å². The number of aryl methyl sites for hydroxylation is 1. The molecule has 0 bridgehead atoms. The van der Waals surface area contributed by atoms with Crippen molar-refractivity contribution in [2.45, 2.75) is 37.8 Å². The molecule has 0 fully saturated rings. The minimum Gasteiger partial charge on any atom is -0.493 e. The number of benzene rings is 4. The lowest BCUT2D eigenvalue weighted by atomic mass is 10.1. The number of para-hydroxylation sites is 1. The molecule has 4 aromatic rings. The lowest BCUT2D eigenvalue weighted by Gasteiger charge is -2.15. The van der Waals surface area contributed by atoms with Gasteiger partial charge >= 0.3 is 0 Å². The van der Waals surface area contributed by atoms with Crippen LogP contribution in [-0.4, -0.2) is 29.6 Å². The normalized spacial score (nSPS) is 11.8. The van der Waals surface area contributed by atoms with Crippen LogP contribution in [-0.2, 0) is 9.59 Å². The van der Waals surface area contributed by atoms with Gasteiger partial charge in [0.1, 0.15) is 11.4 Å². The number of carbonyl (C=O) groups is 3. The van der Waals surface area contributed by atoms with Crippen molar-refractivity contribution in [3.63, 3.8) is 0 Å². The predicted octanol–water partition coefficient (Wildman–Crippen LogP) is 7.23. The largest absolute Gasteiger partial charge is 0.493 e. The van der Waals surface area contributed by atoms with E-state index < -0.39 is 11.8 Å². The van der Waals surface area contributed by atoms with Gasteiger partial charge in [-0.2, -0.15) is 0 Å². The Labute approximate surface area is 256 Å². The van der Waals surface area contributed by atoms with Gasteiger partial charge in [-0.1, -0.05) is 54.6 Å². The molecule has 0 saturated heterocycles. The molecule has 43 heavy (non-hydrogen) atoms. The molecule has 0 aliphatic heterocycles. The lowest BCUT2D eigenvalue weighted by Crippen LogP contribution is -2.30. The summed E-state index contributed by atoms with van der Waals surface area (Å²) in [6.07, 6.45) is 1.60. The summed E-state index contributed by atoms with van der Waals surface area (Å²) in [7, 11) is 0. The Morgan fingerprint density at radius 1 is 0.860 bits per heavy atom. The van der Waals surface area contributed by atoms with Gasteiger partial charge in [-0.3, -0.25) is 14.4 Å². The summed E-state index contributed by atoms with van der Waals surface area (Å²) >= 11 is 1.38. The second-order valence-corrected chi connectivity index (χ2v) is 11.2. The Morgan fingerprint density at radius 2 is 1.58 bits per heavy atom. The Kier molecular flexibility index (Phi) is 10.8. The quantitative estimate of drug-likeness (QED) is 0.126. The van der Waals surface area contributed by atoms with Gasteiger partial charge in [-0.25, -0.2) is 0 Å². The van der Waals surface area contributed by atoms with Crippen molar-refractivity contribution in [3.8, 4) is 5.75 Å². The van der Waals surface area contributed by atoms with Crippen molar-refractivity contribution in [1.82, 2.24) is 5.32 Å². The molecule has 220 valence electrons. The molecule has 3 N–H and O–H groups in total. The Hall–Kier alpha value is -4.82. The van der Waals surface area contributed by atoms with Crippen molar-refractivity contribution < 1.29 is 19.1 Å². The second-order valence-electron chi connectivity index (χ2n) is 9.83. The zero-order chi connectivity index (χ0) is 30.8. The highest BCUT2D eigenvalue weighted by molar-refractivity contribution is 8.00.